The van der Waals surface area contributed by atoms with Gasteiger partial charge in [0.25, 0.3) is 0 Å². The predicted molar refractivity (Wildman–Crippen MR) is 79.1 cm³/mol. The normalized spacial score (nSPS) is 39.7. The fraction of sp³-hybridized carbons (Fsp3) is 0.667. The van der Waals surface area contributed by atoms with Crippen LogP contribution in [-0.4, -0.2) is 6.54 Å². The number of hydrogen-bond donors (Lipinski definition) is 1. The third-order valence-electron chi connectivity index (χ3n) is 6.39. The highest BCUT2D eigenvalue weighted by Crippen LogP contribution is 2.54. The van der Waals surface area contributed by atoms with Gasteiger partial charge in [0, 0.05) is 12.0 Å². The first-order valence-electron chi connectivity index (χ1n) is 8.09. The monoisotopic (exact) mass is 255 g/mol. The molecule has 0 heterocycles. The molecule has 4 unspecified atom stereocenters. The molecule has 2 saturated carbocycles. The smallest absolute Gasteiger partial charge is 0.00841 e. The number of fused-ring (bicyclic) bond motifs is 3. The van der Waals surface area contributed by atoms with Gasteiger partial charge in [-0.05, 0) is 67.4 Å². The highest BCUT2D eigenvalue weighted by molar-refractivity contribution is 5.40. The summed E-state index contributed by atoms with van der Waals surface area (Å²) < 4.78 is 0. The van der Waals surface area contributed by atoms with Gasteiger partial charge in [0.2, 0.25) is 0 Å². The maximum Gasteiger partial charge on any atom is 0.00841 e. The molecule has 0 aromatic heterocycles. The van der Waals surface area contributed by atoms with E-state index in [1.165, 1.54) is 44.9 Å². The van der Waals surface area contributed by atoms with Gasteiger partial charge in [-0.15, -0.1) is 0 Å². The third-order valence-corrected chi connectivity index (χ3v) is 6.39. The molecule has 102 valence electrons. The Morgan fingerprint density at radius 1 is 1.16 bits per heavy atom. The lowest BCUT2D eigenvalue weighted by Crippen LogP contribution is -2.36. The van der Waals surface area contributed by atoms with Gasteiger partial charge in [-0.25, -0.2) is 0 Å². The average molecular weight is 255 g/mol. The summed E-state index contributed by atoms with van der Waals surface area (Å²) in [5.74, 6) is 3.05. The molecule has 4 rings (SSSR count). The Labute approximate surface area is 116 Å². The molecule has 2 N–H and O–H groups in total. The summed E-state index contributed by atoms with van der Waals surface area (Å²) in [5.41, 5.74) is 9.72. The molecule has 1 aromatic carbocycles. The number of hydrogen-bond acceptors (Lipinski definition) is 1. The van der Waals surface area contributed by atoms with Crippen LogP contribution in [-0.2, 0) is 11.8 Å². The summed E-state index contributed by atoms with van der Waals surface area (Å²) in [5, 5.41) is 0. The van der Waals surface area contributed by atoms with Crippen molar-refractivity contribution in [2.75, 3.05) is 6.54 Å². The molecule has 4 atom stereocenters. The molecule has 0 spiro atoms. The van der Waals surface area contributed by atoms with E-state index in [0.717, 1.165) is 24.3 Å². The Hall–Kier alpha value is -0.820. The van der Waals surface area contributed by atoms with Crippen molar-refractivity contribution < 1.29 is 0 Å². The van der Waals surface area contributed by atoms with E-state index in [4.69, 9.17) is 5.73 Å². The van der Waals surface area contributed by atoms with Crippen molar-refractivity contribution in [1.82, 2.24) is 0 Å². The standard InChI is InChI=1S/C18H25N/c19-12-18(8-7-14-3-1-2-4-17(14)18)11-16-10-13-5-6-15(16)9-13/h1-4,13,15-16H,5-12,19H2. The molecular weight excluding hydrogens is 230 g/mol. The van der Waals surface area contributed by atoms with Crippen LogP contribution in [0.15, 0.2) is 24.3 Å². The quantitative estimate of drug-likeness (QED) is 0.876. The number of aryl methyl sites for hydroxylation is 1. The van der Waals surface area contributed by atoms with Crippen molar-refractivity contribution in [3.8, 4) is 0 Å². The second-order valence-electron chi connectivity index (χ2n) is 7.28. The van der Waals surface area contributed by atoms with E-state index in [1.807, 2.05) is 0 Å². The van der Waals surface area contributed by atoms with Crippen LogP contribution in [0.3, 0.4) is 0 Å². The summed E-state index contributed by atoms with van der Waals surface area (Å²) in [6, 6.07) is 9.05. The molecule has 0 aliphatic heterocycles. The third kappa shape index (κ3) is 1.78. The lowest BCUT2D eigenvalue weighted by Gasteiger charge is -2.35. The number of rotatable bonds is 3. The molecule has 1 nitrogen and oxygen atoms in total. The molecule has 0 saturated heterocycles. The maximum absolute atomic E-state index is 6.26. The van der Waals surface area contributed by atoms with Gasteiger partial charge in [-0.1, -0.05) is 30.7 Å². The molecule has 0 radical (unpaired) electrons. The molecule has 1 heteroatoms. The van der Waals surface area contributed by atoms with Crippen LogP contribution in [0, 0.1) is 17.8 Å². The van der Waals surface area contributed by atoms with Crippen LogP contribution in [0.25, 0.3) is 0 Å². The fourth-order valence-electron chi connectivity index (χ4n) is 5.40. The van der Waals surface area contributed by atoms with Crippen LogP contribution in [0.2, 0.25) is 0 Å². The van der Waals surface area contributed by atoms with Crippen LogP contribution in [0.5, 0.6) is 0 Å². The van der Waals surface area contributed by atoms with Gasteiger partial charge in [0.15, 0.2) is 0 Å². The zero-order valence-electron chi connectivity index (χ0n) is 11.8. The van der Waals surface area contributed by atoms with E-state index >= 15 is 0 Å². The topological polar surface area (TPSA) is 26.0 Å². The highest BCUT2D eigenvalue weighted by atomic mass is 14.6. The molecule has 2 bridgehead atoms. The predicted octanol–water partition coefficient (Wildman–Crippen LogP) is 3.66. The Bertz CT molecular complexity index is 480. The minimum absolute atomic E-state index is 0.311. The summed E-state index contributed by atoms with van der Waals surface area (Å²) in [6.45, 7) is 0.845. The van der Waals surface area contributed by atoms with Crippen molar-refractivity contribution >= 4 is 0 Å². The summed E-state index contributed by atoms with van der Waals surface area (Å²) in [6.07, 6.45) is 9.92. The van der Waals surface area contributed by atoms with E-state index in [1.54, 1.807) is 11.1 Å². The Morgan fingerprint density at radius 2 is 2.05 bits per heavy atom. The average Bonchev–Trinajstić information content (AvgIpc) is 3.14. The Balaban J connectivity index is 1.61. The van der Waals surface area contributed by atoms with E-state index in [9.17, 15) is 0 Å². The first-order valence-corrected chi connectivity index (χ1v) is 8.09. The van der Waals surface area contributed by atoms with E-state index in [0.29, 0.717) is 5.41 Å². The van der Waals surface area contributed by atoms with Gasteiger partial charge in [-0.3, -0.25) is 0 Å². The molecule has 2 fully saturated rings. The van der Waals surface area contributed by atoms with E-state index in [2.05, 4.69) is 24.3 Å². The first-order chi connectivity index (χ1) is 9.31. The lowest BCUT2D eigenvalue weighted by molar-refractivity contribution is 0.240. The van der Waals surface area contributed by atoms with Crippen LogP contribution >= 0.6 is 0 Å². The van der Waals surface area contributed by atoms with Crippen LogP contribution in [0.4, 0.5) is 0 Å². The Kier molecular flexibility index (Phi) is 2.73. The van der Waals surface area contributed by atoms with Crippen molar-refractivity contribution in [2.24, 2.45) is 23.5 Å². The fourth-order valence-corrected chi connectivity index (χ4v) is 5.40. The van der Waals surface area contributed by atoms with Gasteiger partial charge in [0.05, 0.1) is 0 Å². The van der Waals surface area contributed by atoms with Crippen LogP contribution in [0.1, 0.15) is 49.7 Å². The minimum Gasteiger partial charge on any atom is -0.330 e. The Morgan fingerprint density at radius 3 is 2.79 bits per heavy atom. The molecule has 1 aromatic rings. The summed E-state index contributed by atoms with van der Waals surface area (Å²) in [4.78, 5) is 0. The number of nitrogens with two attached hydrogens (primary N) is 1. The molecule has 3 aliphatic rings. The second-order valence-corrected chi connectivity index (χ2v) is 7.28. The largest absolute Gasteiger partial charge is 0.330 e. The molecule has 0 amide bonds. The van der Waals surface area contributed by atoms with Gasteiger partial charge >= 0.3 is 0 Å². The van der Waals surface area contributed by atoms with Crippen molar-refractivity contribution in [3.63, 3.8) is 0 Å². The zero-order valence-corrected chi connectivity index (χ0v) is 11.8. The molecule has 3 aliphatic carbocycles. The van der Waals surface area contributed by atoms with Crippen molar-refractivity contribution in [1.29, 1.82) is 0 Å². The van der Waals surface area contributed by atoms with Gasteiger partial charge in [-0.2, -0.15) is 0 Å². The van der Waals surface area contributed by atoms with Crippen molar-refractivity contribution in [3.05, 3.63) is 35.4 Å². The first kappa shape index (κ1) is 12.0. The SMILES string of the molecule is NCC1(CC2CC3CCC2C3)CCc2ccccc21. The molecule has 19 heavy (non-hydrogen) atoms. The second kappa shape index (κ2) is 4.34. The summed E-state index contributed by atoms with van der Waals surface area (Å²) >= 11 is 0. The maximum atomic E-state index is 6.26. The number of benzene rings is 1. The summed E-state index contributed by atoms with van der Waals surface area (Å²) in [7, 11) is 0. The highest BCUT2D eigenvalue weighted by Gasteiger charge is 2.45. The lowest BCUT2D eigenvalue weighted by atomic mass is 9.71. The van der Waals surface area contributed by atoms with Crippen molar-refractivity contribution in [2.45, 2.75) is 50.4 Å². The van der Waals surface area contributed by atoms with E-state index < -0.39 is 0 Å². The van der Waals surface area contributed by atoms with Crippen LogP contribution < -0.4 is 5.73 Å². The minimum atomic E-state index is 0.311. The zero-order chi connectivity index (χ0) is 12.9. The van der Waals surface area contributed by atoms with Gasteiger partial charge in [0.1, 0.15) is 0 Å². The van der Waals surface area contributed by atoms with Gasteiger partial charge < -0.3 is 5.73 Å². The van der Waals surface area contributed by atoms with E-state index in [-0.39, 0.29) is 0 Å². The molecular formula is C18H25N.